The maximum absolute atomic E-state index is 6.38. The Bertz CT molecular complexity index is 290. The van der Waals surface area contributed by atoms with E-state index in [1.807, 2.05) is 0 Å². The van der Waals surface area contributed by atoms with Crippen LogP contribution in [0, 0.1) is 0 Å². The number of nitrogens with zero attached hydrogens (tertiary/aromatic N) is 1. The van der Waals surface area contributed by atoms with Crippen molar-refractivity contribution in [2.45, 2.75) is 84.6 Å². The lowest BCUT2D eigenvalue weighted by molar-refractivity contribution is 0.233. The zero-order valence-corrected chi connectivity index (χ0v) is 18.3. The van der Waals surface area contributed by atoms with Crippen molar-refractivity contribution in [1.82, 2.24) is 4.23 Å². The maximum atomic E-state index is 6.38. The van der Waals surface area contributed by atoms with E-state index in [2.05, 4.69) is 77.8 Å². The van der Waals surface area contributed by atoms with Gasteiger partial charge >= 0.3 is 0 Å². The van der Waals surface area contributed by atoms with Crippen molar-refractivity contribution in [3.63, 3.8) is 0 Å². The molecule has 0 aliphatic heterocycles. The molecule has 0 saturated heterocycles. The first kappa shape index (κ1) is 19.6. The van der Waals surface area contributed by atoms with Gasteiger partial charge in [-0.1, -0.05) is 60.4 Å². The molecular formula is C14H37NOSi3. The van der Waals surface area contributed by atoms with Gasteiger partial charge in [0.1, 0.15) is 16.5 Å². The number of hydrogen-bond acceptors (Lipinski definition) is 2. The van der Waals surface area contributed by atoms with Gasteiger partial charge in [-0.3, -0.25) is 0 Å². The van der Waals surface area contributed by atoms with Crippen molar-refractivity contribution in [3.8, 4) is 0 Å². The van der Waals surface area contributed by atoms with Crippen molar-refractivity contribution in [2.75, 3.05) is 6.73 Å². The predicted octanol–water partition coefficient (Wildman–Crippen LogP) is 5.33. The SMILES string of the molecule is CC[Si](C)(C)OCN([Si](C)(C)C)[Si](C)(C)C(C)(C)C. The highest BCUT2D eigenvalue weighted by molar-refractivity contribution is 6.91. The van der Waals surface area contributed by atoms with Gasteiger partial charge in [0.25, 0.3) is 0 Å². The van der Waals surface area contributed by atoms with Crippen LogP contribution in [-0.2, 0) is 4.43 Å². The van der Waals surface area contributed by atoms with E-state index >= 15 is 0 Å². The topological polar surface area (TPSA) is 12.5 Å². The third kappa shape index (κ3) is 5.46. The van der Waals surface area contributed by atoms with Gasteiger partial charge in [-0.05, 0) is 24.2 Å². The summed E-state index contributed by atoms with van der Waals surface area (Å²) in [4.78, 5) is 0. The molecule has 0 aromatic rings. The summed E-state index contributed by atoms with van der Waals surface area (Å²) in [6.07, 6.45) is 0. The van der Waals surface area contributed by atoms with Crippen LogP contribution in [0.15, 0.2) is 0 Å². The zero-order chi connectivity index (χ0) is 15.7. The minimum absolute atomic E-state index is 0.383. The van der Waals surface area contributed by atoms with E-state index in [0.717, 1.165) is 6.73 Å². The zero-order valence-electron chi connectivity index (χ0n) is 15.3. The van der Waals surface area contributed by atoms with Crippen molar-refractivity contribution >= 4 is 24.8 Å². The van der Waals surface area contributed by atoms with E-state index < -0.39 is 24.8 Å². The van der Waals surface area contributed by atoms with Gasteiger partial charge < -0.3 is 8.66 Å². The summed E-state index contributed by atoms with van der Waals surface area (Å²) in [5, 5.41) is 0.383. The molecule has 0 atom stereocenters. The van der Waals surface area contributed by atoms with E-state index in [4.69, 9.17) is 4.43 Å². The Morgan fingerprint density at radius 3 is 1.58 bits per heavy atom. The Kier molecular flexibility index (Phi) is 6.32. The molecule has 5 heteroatoms. The normalized spacial score (nSPS) is 15.2. The molecule has 0 N–H and O–H groups in total. The largest absolute Gasteiger partial charge is 0.406 e. The molecule has 0 spiro atoms. The van der Waals surface area contributed by atoms with E-state index in [1.54, 1.807) is 0 Å². The van der Waals surface area contributed by atoms with Gasteiger partial charge in [0, 0.05) is 0 Å². The first-order valence-corrected chi connectivity index (χ1v) is 17.1. The Morgan fingerprint density at radius 1 is 0.895 bits per heavy atom. The predicted molar refractivity (Wildman–Crippen MR) is 96.3 cm³/mol. The molecule has 0 saturated carbocycles. The molecule has 0 fully saturated rings. The molecule has 0 amide bonds. The van der Waals surface area contributed by atoms with Crippen LogP contribution in [0.5, 0.6) is 0 Å². The van der Waals surface area contributed by atoms with Crippen molar-refractivity contribution in [3.05, 3.63) is 0 Å². The van der Waals surface area contributed by atoms with E-state index in [-0.39, 0.29) is 0 Å². The molecule has 0 rings (SSSR count). The van der Waals surface area contributed by atoms with Crippen molar-refractivity contribution in [1.29, 1.82) is 0 Å². The minimum atomic E-state index is -1.49. The summed E-state index contributed by atoms with van der Waals surface area (Å²) >= 11 is 0. The second-order valence-corrected chi connectivity index (χ2v) is 23.8. The molecular weight excluding hydrogens is 282 g/mol. The highest BCUT2D eigenvalue weighted by Gasteiger charge is 2.46. The lowest BCUT2D eigenvalue weighted by Gasteiger charge is -2.52. The highest BCUT2D eigenvalue weighted by atomic mass is 28.4. The summed E-state index contributed by atoms with van der Waals surface area (Å²) in [5.41, 5.74) is 0. The molecule has 0 aliphatic rings. The summed E-state index contributed by atoms with van der Waals surface area (Å²) in [6.45, 7) is 27.4. The van der Waals surface area contributed by atoms with Gasteiger partial charge in [-0.15, -0.1) is 0 Å². The Labute approximate surface area is 125 Å². The van der Waals surface area contributed by atoms with Crippen LogP contribution in [0.2, 0.25) is 56.9 Å². The monoisotopic (exact) mass is 319 g/mol. The van der Waals surface area contributed by atoms with Crippen LogP contribution in [0.3, 0.4) is 0 Å². The van der Waals surface area contributed by atoms with Crippen LogP contribution >= 0.6 is 0 Å². The van der Waals surface area contributed by atoms with Crippen molar-refractivity contribution in [2.24, 2.45) is 0 Å². The fourth-order valence-electron chi connectivity index (χ4n) is 1.94. The quantitative estimate of drug-likeness (QED) is 0.485. The smallest absolute Gasteiger partial charge is 0.188 e. The van der Waals surface area contributed by atoms with Crippen molar-refractivity contribution < 1.29 is 4.43 Å². The van der Waals surface area contributed by atoms with Crippen LogP contribution < -0.4 is 0 Å². The minimum Gasteiger partial charge on any atom is -0.406 e. The van der Waals surface area contributed by atoms with Crippen LogP contribution in [0.1, 0.15) is 27.7 Å². The van der Waals surface area contributed by atoms with Crippen LogP contribution in [0.25, 0.3) is 0 Å². The van der Waals surface area contributed by atoms with E-state index in [9.17, 15) is 0 Å². The van der Waals surface area contributed by atoms with E-state index in [0.29, 0.717) is 5.04 Å². The Hall–Kier alpha value is 0.571. The molecule has 116 valence electrons. The first-order valence-electron chi connectivity index (χ1n) is 7.57. The fourth-order valence-corrected chi connectivity index (χ4v) is 12.2. The molecule has 0 aliphatic carbocycles. The van der Waals surface area contributed by atoms with Gasteiger partial charge in [-0.2, -0.15) is 0 Å². The summed E-state index contributed by atoms with van der Waals surface area (Å²) < 4.78 is 9.18. The first-order chi connectivity index (χ1) is 8.15. The van der Waals surface area contributed by atoms with Gasteiger partial charge in [0.15, 0.2) is 8.32 Å². The lowest BCUT2D eigenvalue weighted by Crippen LogP contribution is -2.65. The van der Waals surface area contributed by atoms with Gasteiger partial charge in [-0.25, -0.2) is 0 Å². The summed E-state index contributed by atoms with van der Waals surface area (Å²) in [6, 6.07) is 1.20. The second kappa shape index (κ2) is 6.13. The van der Waals surface area contributed by atoms with Gasteiger partial charge in [0.2, 0.25) is 0 Å². The average Bonchev–Trinajstić information content (AvgIpc) is 2.13. The highest BCUT2D eigenvalue weighted by Crippen LogP contribution is 2.40. The second-order valence-electron chi connectivity index (χ2n) is 8.79. The molecule has 0 unspecified atom stereocenters. The Morgan fingerprint density at radius 2 is 1.32 bits per heavy atom. The number of hydrogen-bond donors (Lipinski definition) is 0. The fraction of sp³-hybridized carbons (Fsp3) is 1.00. The van der Waals surface area contributed by atoms with Crippen LogP contribution in [0.4, 0.5) is 0 Å². The molecule has 19 heavy (non-hydrogen) atoms. The molecule has 0 heterocycles. The maximum Gasteiger partial charge on any atom is 0.188 e. The third-order valence-corrected chi connectivity index (χ3v) is 18.0. The third-order valence-electron chi connectivity index (χ3n) is 4.76. The molecule has 0 radical (unpaired) electrons. The summed E-state index contributed by atoms with van der Waals surface area (Å²) in [5.74, 6) is 0. The lowest BCUT2D eigenvalue weighted by atomic mass is 10.2. The molecule has 0 bridgehead atoms. The molecule has 2 nitrogen and oxygen atoms in total. The van der Waals surface area contributed by atoms with Crippen LogP contribution in [-0.4, -0.2) is 35.8 Å². The van der Waals surface area contributed by atoms with Gasteiger partial charge in [0.05, 0.1) is 6.73 Å². The molecule has 0 aromatic heterocycles. The van der Waals surface area contributed by atoms with E-state index in [1.165, 1.54) is 6.04 Å². The molecule has 0 aromatic carbocycles. The summed E-state index contributed by atoms with van der Waals surface area (Å²) in [7, 11) is -4.30. The Balaban J connectivity index is 5.17. The average molecular weight is 320 g/mol. The number of rotatable bonds is 6. The standard InChI is InChI=1S/C14H37NOSi3/c1-12-18(8,9)16-13-15(17(5,6)7)19(10,11)14(2,3)4/h12-13H2,1-11H3.